The van der Waals surface area contributed by atoms with E-state index in [1.54, 1.807) is 20.8 Å². The number of hydrogen-bond donors (Lipinski definition) is 1. The minimum atomic E-state index is -3.72. The van der Waals surface area contributed by atoms with Crippen LogP contribution in [0.15, 0.2) is 27.6 Å². The molecule has 3 aliphatic rings. The zero-order chi connectivity index (χ0) is 24.3. The lowest BCUT2D eigenvalue weighted by molar-refractivity contribution is -0.132. The third kappa shape index (κ3) is 3.62. The van der Waals surface area contributed by atoms with E-state index in [2.05, 4.69) is 16.5 Å². The summed E-state index contributed by atoms with van der Waals surface area (Å²) in [7, 11) is -3.72. The molecule has 1 aliphatic carbocycles. The molecule has 3 heterocycles. The van der Waals surface area contributed by atoms with Crippen molar-refractivity contribution in [1.82, 2.24) is 24.6 Å². The van der Waals surface area contributed by atoms with Crippen molar-refractivity contribution < 1.29 is 22.5 Å². The standard InChI is InChI=1S/C23H29N5O5S/c1-15-20(16(2)33-25-15)34(31,32)27-11-9-26(10-12-27)14-28-21(29)23(3,24-22(28)30)19-8-7-17-5-4-6-18(17)13-19/h7-8,13H,4-6,9-12,14H2,1-3H3,(H,24,30)/t23-/m1/s1. The van der Waals surface area contributed by atoms with Crippen molar-refractivity contribution in [2.75, 3.05) is 32.8 Å². The highest BCUT2D eigenvalue weighted by atomic mass is 32.2. The Kier molecular flexibility index (Phi) is 5.53. The molecule has 0 saturated carbocycles. The number of urea groups is 1. The molecule has 182 valence electrons. The van der Waals surface area contributed by atoms with Crippen LogP contribution in [0.25, 0.3) is 0 Å². The summed E-state index contributed by atoms with van der Waals surface area (Å²) in [5.74, 6) is -0.0219. The smallest absolute Gasteiger partial charge is 0.326 e. The maximum Gasteiger partial charge on any atom is 0.326 e. The first kappa shape index (κ1) is 23.0. The second-order valence-electron chi connectivity index (χ2n) is 9.44. The van der Waals surface area contributed by atoms with E-state index in [0.717, 1.165) is 24.8 Å². The minimum absolute atomic E-state index is 0.111. The van der Waals surface area contributed by atoms with E-state index in [9.17, 15) is 18.0 Å². The summed E-state index contributed by atoms with van der Waals surface area (Å²) >= 11 is 0. The number of amides is 3. The number of carbonyl (C=O) groups is 2. The molecule has 1 N–H and O–H groups in total. The van der Waals surface area contributed by atoms with Crippen molar-refractivity contribution in [1.29, 1.82) is 0 Å². The Balaban J connectivity index is 1.26. The first-order valence-electron chi connectivity index (χ1n) is 11.5. The van der Waals surface area contributed by atoms with Crippen molar-refractivity contribution in [3.63, 3.8) is 0 Å². The Bertz CT molecular complexity index is 1250. The summed E-state index contributed by atoms with van der Waals surface area (Å²) < 4.78 is 32.5. The van der Waals surface area contributed by atoms with Gasteiger partial charge in [0, 0.05) is 26.2 Å². The number of nitrogens with zero attached hydrogens (tertiary/aromatic N) is 4. The second kappa shape index (κ2) is 8.17. The molecule has 1 aromatic carbocycles. The lowest BCUT2D eigenvalue weighted by Crippen LogP contribution is -2.52. The van der Waals surface area contributed by atoms with E-state index in [0.29, 0.717) is 18.8 Å². The lowest BCUT2D eigenvalue weighted by atomic mass is 9.90. The number of fused-ring (bicyclic) bond motifs is 1. The van der Waals surface area contributed by atoms with Crippen molar-refractivity contribution >= 4 is 22.0 Å². The maximum atomic E-state index is 13.4. The molecule has 3 amide bonds. The maximum absolute atomic E-state index is 13.4. The summed E-state index contributed by atoms with van der Waals surface area (Å²) in [5.41, 5.74) is 2.58. The van der Waals surface area contributed by atoms with E-state index in [4.69, 9.17) is 4.52 Å². The van der Waals surface area contributed by atoms with Gasteiger partial charge in [-0.05, 0) is 56.7 Å². The Morgan fingerprint density at radius 2 is 1.79 bits per heavy atom. The molecule has 1 atom stereocenters. The normalized spacial score (nSPS) is 24.0. The van der Waals surface area contributed by atoms with Crippen LogP contribution in [0.2, 0.25) is 0 Å². The third-order valence-electron chi connectivity index (χ3n) is 7.19. The highest BCUT2D eigenvalue weighted by Gasteiger charge is 2.49. The van der Waals surface area contributed by atoms with E-state index in [-0.39, 0.29) is 36.3 Å². The fourth-order valence-corrected chi connectivity index (χ4v) is 6.90. The zero-order valence-corrected chi connectivity index (χ0v) is 20.4. The van der Waals surface area contributed by atoms with Crippen molar-refractivity contribution in [2.24, 2.45) is 0 Å². The number of sulfonamides is 1. The van der Waals surface area contributed by atoms with Crippen LogP contribution in [-0.2, 0) is 33.2 Å². The second-order valence-corrected chi connectivity index (χ2v) is 11.3. The van der Waals surface area contributed by atoms with Crippen LogP contribution in [0.4, 0.5) is 4.79 Å². The average molecular weight is 488 g/mol. The first-order valence-corrected chi connectivity index (χ1v) is 13.0. The monoisotopic (exact) mass is 487 g/mol. The highest BCUT2D eigenvalue weighted by molar-refractivity contribution is 7.89. The zero-order valence-electron chi connectivity index (χ0n) is 19.6. The van der Waals surface area contributed by atoms with Crippen LogP contribution in [0.1, 0.15) is 41.5 Å². The Morgan fingerprint density at radius 1 is 1.09 bits per heavy atom. The van der Waals surface area contributed by atoms with Crippen molar-refractivity contribution in [3.05, 3.63) is 46.3 Å². The number of benzene rings is 1. The number of carbonyl (C=O) groups excluding carboxylic acids is 2. The predicted molar refractivity (Wildman–Crippen MR) is 122 cm³/mol. The van der Waals surface area contributed by atoms with Gasteiger partial charge >= 0.3 is 6.03 Å². The summed E-state index contributed by atoms with van der Waals surface area (Å²) in [6.45, 7) is 6.34. The Labute approximate surface area is 198 Å². The fourth-order valence-electron chi connectivity index (χ4n) is 5.19. The number of hydrogen-bond acceptors (Lipinski definition) is 7. The Hall–Kier alpha value is -2.76. The predicted octanol–water partition coefficient (Wildman–Crippen LogP) is 1.51. The number of piperazine rings is 1. The van der Waals surface area contributed by atoms with Gasteiger partial charge < -0.3 is 9.84 Å². The summed E-state index contributed by atoms with van der Waals surface area (Å²) in [6, 6.07) is 5.61. The molecule has 2 fully saturated rings. The molecule has 2 aromatic rings. The molecule has 0 bridgehead atoms. The van der Waals surface area contributed by atoms with Crippen LogP contribution in [0.3, 0.4) is 0 Å². The molecule has 2 aliphatic heterocycles. The number of imide groups is 1. The number of aryl methyl sites for hydroxylation is 4. The molecule has 0 spiro atoms. The molecule has 0 unspecified atom stereocenters. The summed E-state index contributed by atoms with van der Waals surface area (Å²) in [4.78, 5) is 29.4. The van der Waals surface area contributed by atoms with Crippen LogP contribution >= 0.6 is 0 Å². The molecule has 11 heteroatoms. The van der Waals surface area contributed by atoms with Crippen molar-refractivity contribution in [2.45, 2.75) is 50.5 Å². The highest BCUT2D eigenvalue weighted by Crippen LogP contribution is 2.33. The van der Waals surface area contributed by atoms with E-state index in [1.165, 1.54) is 20.3 Å². The first-order chi connectivity index (χ1) is 16.1. The fraction of sp³-hybridized carbons (Fsp3) is 0.522. The third-order valence-corrected chi connectivity index (χ3v) is 9.33. The quantitative estimate of drug-likeness (QED) is 0.636. The van der Waals surface area contributed by atoms with E-state index >= 15 is 0 Å². The molecule has 2 saturated heterocycles. The molecule has 1 aromatic heterocycles. The molecular weight excluding hydrogens is 458 g/mol. The number of nitrogens with one attached hydrogen (secondary N) is 1. The lowest BCUT2D eigenvalue weighted by Gasteiger charge is -2.35. The van der Waals surface area contributed by atoms with Gasteiger partial charge in [-0.2, -0.15) is 4.31 Å². The average Bonchev–Trinajstić information content (AvgIpc) is 3.47. The van der Waals surface area contributed by atoms with Crippen LogP contribution in [-0.4, -0.2) is 72.5 Å². The molecule has 0 radical (unpaired) electrons. The molecule has 34 heavy (non-hydrogen) atoms. The van der Waals surface area contributed by atoms with Gasteiger partial charge in [0.25, 0.3) is 5.91 Å². The van der Waals surface area contributed by atoms with Gasteiger partial charge in [-0.15, -0.1) is 0 Å². The van der Waals surface area contributed by atoms with Crippen LogP contribution in [0, 0.1) is 13.8 Å². The van der Waals surface area contributed by atoms with Gasteiger partial charge in [0.05, 0.1) is 6.67 Å². The topological polar surface area (TPSA) is 116 Å². The molecule has 10 nitrogen and oxygen atoms in total. The van der Waals surface area contributed by atoms with Gasteiger partial charge in [0.1, 0.15) is 16.1 Å². The Morgan fingerprint density at radius 3 is 2.47 bits per heavy atom. The van der Waals surface area contributed by atoms with E-state index < -0.39 is 21.6 Å². The number of aromatic nitrogens is 1. The van der Waals surface area contributed by atoms with Gasteiger partial charge in [-0.3, -0.25) is 9.69 Å². The van der Waals surface area contributed by atoms with Crippen LogP contribution in [0.5, 0.6) is 0 Å². The summed E-state index contributed by atoms with van der Waals surface area (Å²) in [5, 5.41) is 6.63. The van der Waals surface area contributed by atoms with Crippen LogP contribution < -0.4 is 5.32 Å². The van der Waals surface area contributed by atoms with Gasteiger partial charge in [-0.25, -0.2) is 18.1 Å². The van der Waals surface area contributed by atoms with E-state index in [1.807, 2.05) is 17.0 Å². The van der Waals surface area contributed by atoms with Gasteiger partial charge in [-0.1, -0.05) is 23.4 Å². The van der Waals surface area contributed by atoms with Crippen molar-refractivity contribution in [3.8, 4) is 0 Å². The molecular formula is C23H29N5O5S. The minimum Gasteiger partial charge on any atom is -0.360 e. The molecule has 5 rings (SSSR count). The summed E-state index contributed by atoms with van der Waals surface area (Å²) in [6.07, 6.45) is 3.16. The SMILES string of the molecule is Cc1noc(C)c1S(=O)(=O)N1CCN(CN2C(=O)N[C@](C)(c3ccc4c(c3)CCC4)C2=O)CC1. The largest absolute Gasteiger partial charge is 0.360 e. The number of rotatable bonds is 5. The van der Waals surface area contributed by atoms with Gasteiger partial charge in [0.15, 0.2) is 5.76 Å². The van der Waals surface area contributed by atoms with Gasteiger partial charge in [0.2, 0.25) is 10.0 Å².